The van der Waals surface area contributed by atoms with E-state index in [0.717, 1.165) is 42.6 Å². The van der Waals surface area contributed by atoms with E-state index in [1.54, 1.807) is 0 Å². The van der Waals surface area contributed by atoms with Gasteiger partial charge in [-0.05, 0) is 81.9 Å². The van der Waals surface area contributed by atoms with Crippen molar-refractivity contribution < 1.29 is 4.42 Å². The molecule has 158 valence electrons. The molecule has 0 radical (unpaired) electrons. The lowest BCUT2D eigenvalue weighted by Crippen LogP contribution is -1.86. The Bertz CT molecular complexity index is 1630. The van der Waals surface area contributed by atoms with Crippen molar-refractivity contribution in [2.24, 2.45) is 0 Å². The molecule has 3 heteroatoms. The summed E-state index contributed by atoms with van der Waals surface area (Å²) in [7, 11) is 0. The number of benzene rings is 5. The normalized spacial score (nSPS) is 11.3. The molecule has 0 aliphatic rings. The van der Waals surface area contributed by atoms with Crippen molar-refractivity contribution in [1.29, 1.82) is 0 Å². The molecule has 0 saturated heterocycles. The standard InChI is InChI=1S/C30H18BrClO/c31-23-11-15-30-28(18-23)27-17-21(10-14-29(27)33-30)20-4-3-5-22(16-20)26-7-2-1-6-25(26)19-8-12-24(32)13-9-19/h1-18H. The van der Waals surface area contributed by atoms with Crippen LogP contribution in [0.5, 0.6) is 0 Å². The fraction of sp³-hybridized carbons (Fsp3) is 0. The van der Waals surface area contributed by atoms with Gasteiger partial charge >= 0.3 is 0 Å². The minimum atomic E-state index is 0.743. The highest BCUT2D eigenvalue weighted by Crippen LogP contribution is 2.37. The highest BCUT2D eigenvalue weighted by Gasteiger charge is 2.11. The molecule has 0 bridgehead atoms. The molecule has 0 spiro atoms. The Morgan fingerprint density at radius 2 is 1.12 bits per heavy atom. The van der Waals surface area contributed by atoms with Crippen LogP contribution in [0.15, 0.2) is 118 Å². The summed E-state index contributed by atoms with van der Waals surface area (Å²) in [5.41, 5.74) is 8.84. The molecule has 5 aromatic carbocycles. The summed E-state index contributed by atoms with van der Waals surface area (Å²) in [4.78, 5) is 0. The summed E-state index contributed by atoms with van der Waals surface area (Å²) in [5, 5.41) is 2.98. The van der Waals surface area contributed by atoms with Crippen LogP contribution in [-0.4, -0.2) is 0 Å². The van der Waals surface area contributed by atoms with Gasteiger partial charge in [0.15, 0.2) is 0 Å². The zero-order valence-corrected chi connectivity index (χ0v) is 19.9. The topological polar surface area (TPSA) is 13.1 Å². The second-order valence-electron chi connectivity index (χ2n) is 8.09. The Morgan fingerprint density at radius 3 is 1.91 bits per heavy atom. The Hall–Kier alpha value is -3.33. The van der Waals surface area contributed by atoms with Crippen LogP contribution in [0, 0.1) is 0 Å². The number of fused-ring (bicyclic) bond motifs is 3. The van der Waals surface area contributed by atoms with E-state index in [1.165, 1.54) is 22.3 Å². The third kappa shape index (κ3) is 3.76. The van der Waals surface area contributed by atoms with Gasteiger partial charge < -0.3 is 4.42 Å². The molecule has 0 fully saturated rings. The first-order chi connectivity index (χ1) is 16.2. The second-order valence-corrected chi connectivity index (χ2v) is 9.44. The summed E-state index contributed by atoms with van der Waals surface area (Å²) in [6.45, 7) is 0. The van der Waals surface area contributed by atoms with E-state index in [-0.39, 0.29) is 0 Å². The Balaban J connectivity index is 1.47. The van der Waals surface area contributed by atoms with E-state index in [4.69, 9.17) is 16.0 Å². The van der Waals surface area contributed by atoms with Gasteiger partial charge in [-0.1, -0.05) is 88.2 Å². The molecule has 1 heterocycles. The SMILES string of the molecule is Clc1ccc(-c2ccccc2-c2cccc(-c3ccc4oc5ccc(Br)cc5c4c3)c2)cc1. The lowest BCUT2D eigenvalue weighted by Gasteiger charge is -2.12. The van der Waals surface area contributed by atoms with E-state index in [9.17, 15) is 0 Å². The molecule has 0 aliphatic heterocycles. The molecule has 1 nitrogen and oxygen atoms in total. The molecule has 6 aromatic rings. The first-order valence-corrected chi connectivity index (χ1v) is 11.9. The second kappa shape index (κ2) is 8.22. The van der Waals surface area contributed by atoms with Gasteiger partial charge in [-0.15, -0.1) is 0 Å². The summed E-state index contributed by atoms with van der Waals surface area (Å²) < 4.78 is 7.08. The van der Waals surface area contributed by atoms with Crippen molar-refractivity contribution in [2.75, 3.05) is 0 Å². The summed E-state index contributed by atoms with van der Waals surface area (Å²) in [6.07, 6.45) is 0. The van der Waals surface area contributed by atoms with Crippen LogP contribution in [0.25, 0.3) is 55.3 Å². The van der Waals surface area contributed by atoms with Crippen LogP contribution >= 0.6 is 27.5 Å². The Kier molecular flexibility index (Phi) is 5.05. The van der Waals surface area contributed by atoms with Gasteiger partial charge in [0.25, 0.3) is 0 Å². The van der Waals surface area contributed by atoms with E-state index in [0.29, 0.717) is 0 Å². The maximum atomic E-state index is 6.11. The van der Waals surface area contributed by atoms with Crippen LogP contribution in [0.2, 0.25) is 5.02 Å². The van der Waals surface area contributed by atoms with Crippen molar-refractivity contribution in [2.45, 2.75) is 0 Å². The molecule has 0 saturated carbocycles. The van der Waals surface area contributed by atoms with Crippen LogP contribution in [0.1, 0.15) is 0 Å². The molecule has 0 aliphatic carbocycles. The van der Waals surface area contributed by atoms with Gasteiger partial charge in [-0.25, -0.2) is 0 Å². The van der Waals surface area contributed by atoms with Crippen LogP contribution in [0.3, 0.4) is 0 Å². The number of hydrogen-bond donors (Lipinski definition) is 0. The predicted octanol–water partition coefficient (Wildman–Crippen LogP) is 10.0. The highest BCUT2D eigenvalue weighted by molar-refractivity contribution is 9.10. The largest absolute Gasteiger partial charge is 0.456 e. The molecule has 0 amide bonds. The van der Waals surface area contributed by atoms with Crippen molar-refractivity contribution in [3.63, 3.8) is 0 Å². The number of halogens is 2. The van der Waals surface area contributed by atoms with Crippen molar-refractivity contribution in [3.8, 4) is 33.4 Å². The number of rotatable bonds is 3. The molecule has 0 atom stereocenters. The smallest absolute Gasteiger partial charge is 0.135 e. The van der Waals surface area contributed by atoms with E-state index >= 15 is 0 Å². The highest BCUT2D eigenvalue weighted by atomic mass is 79.9. The van der Waals surface area contributed by atoms with Crippen LogP contribution in [-0.2, 0) is 0 Å². The Morgan fingerprint density at radius 1 is 0.515 bits per heavy atom. The van der Waals surface area contributed by atoms with Gasteiger partial charge in [0, 0.05) is 20.3 Å². The van der Waals surface area contributed by atoms with E-state index in [1.807, 2.05) is 24.3 Å². The molecule has 33 heavy (non-hydrogen) atoms. The fourth-order valence-corrected chi connectivity index (χ4v) is 4.90. The summed E-state index contributed by atoms with van der Waals surface area (Å²) in [5.74, 6) is 0. The fourth-order valence-electron chi connectivity index (χ4n) is 4.41. The molecule has 0 unspecified atom stereocenters. The summed E-state index contributed by atoms with van der Waals surface area (Å²) in [6, 6.07) is 37.8. The monoisotopic (exact) mass is 508 g/mol. The maximum absolute atomic E-state index is 6.11. The van der Waals surface area contributed by atoms with Crippen molar-refractivity contribution >= 4 is 49.5 Å². The van der Waals surface area contributed by atoms with Gasteiger partial charge in [0.05, 0.1) is 0 Å². The molecular weight excluding hydrogens is 492 g/mol. The average Bonchev–Trinajstić information content (AvgIpc) is 3.22. The predicted molar refractivity (Wildman–Crippen MR) is 143 cm³/mol. The van der Waals surface area contributed by atoms with Gasteiger partial charge in [-0.2, -0.15) is 0 Å². The molecule has 1 aromatic heterocycles. The zero-order chi connectivity index (χ0) is 22.4. The number of furan rings is 1. The number of hydrogen-bond acceptors (Lipinski definition) is 1. The summed E-state index contributed by atoms with van der Waals surface area (Å²) >= 11 is 9.70. The lowest BCUT2D eigenvalue weighted by molar-refractivity contribution is 0.669. The van der Waals surface area contributed by atoms with Crippen molar-refractivity contribution in [3.05, 3.63) is 119 Å². The third-order valence-corrected chi connectivity index (χ3v) is 6.77. The zero-order valence-electron chi connectivity index (χ0n) is 17.6. The molecule has 0 N–H and O–H groups in total. The lowest BCUT2D eigenvalue weighted by atomic mass is 9.92. The quantitative estimate of drug-likeness (QED) is 0.231. The minimum Gasteiger partial charge on any atom is -0.456 e. The van der Waals surface area contributed by atoms with Crippen molar-refractivity contribution in [1.82, 2.24) is 0 Å². The first-order valence-electron chi connectivity index (χ1n) is 10.7. The molecule has 6 rings (SSSR count). The van der Waals surface area contributed by atoms with Crippen LogP contribution in [0.4, 0.5) is 0 Å². The minimum absolute atomic E-state index is 0.743. The third-order valence-electron chi connectivity index (χ3n) is 6.02. The molecular formula is C30H18BrClO. The maximum Gasteiger partial charge on any atom is 0.135 e. The van der Waals surface area contributed by atoms with Gasteiger partial charge in [0.2, 0.25) is 0 Å². The van der Waals surface area contributed by atoms with Gasteiger partial charge in [0.1, 0.15) is 11.2 Å². The average molecular weight is 510 g/mol. The van der Waals surface area contributed by atoms with Gasteiger partial charge in [-0.3, -0.25) is 0 Å². The first kappa shape index (κ1) is 20.3. The van der Waals surface area contributed by atoms with E-state index < -0.39 is 0 Å². The Labute approximate surface area is 205 Å². The van der Waals surface area contributed by atoms with E-state index in [2.05, 4.69) is 101 Å². The van der Waals surface area contributed by atoms with Crippen LogP contribution < -0.4 is 0 Å².